The highest BCUT2D eigenvalue weighted by atomic mass is 127. The first-order chi connectivity index (χ1) is 14.8. The molecule has 1 aromatic carbocycles. The molecule has 31 heavy (non-hydrogen) atoms. The van der Waals surface area contributed by atoms with Gasteiger partial charge in [-0.2, -0.15) is 0 Å². The van der Waals surface area contributed by atoms with Gasteiger partial charge >= 0.3 is 0 Å². The number of rotatable bonds is 8. The van der Waals surface area contributed by atoms with E-state index in [1.165, 1.54) is 18.5 Å². The van der Waals surface area contributed by atoms with E-state index in [0.717, 1.165) is 50.0 Å². The van der Waals surface area contributed by atoms with Gasteiger partial charge in [0.1, 0.15) is 6.54 Å². The van der Waals surface area contributed by atoms with Gasteiger partial charge < -0.3 is 15.5 Å². The number of fused-ring (bicyclic) bond motifs is 1. The number of likely N-dealkylation sites (tertiary alicyclic amines) is 1. The zero-order valence-electron chi connectivity index (χ0n) is 18.1. The van der Waals surface area contributed by atoms with Gasteiger partial charge in [-0.1, -0.05) is 36.4 Å². The minimum Gasteiger partial charge on any atom is -0.357 e. The molecule has 0 radical (unpaired) electrons. The van der Waals surface area contributed by atoms with Crippen molar-refractivity contribution in [1.29, 1.82) is 0 Å². The molecule has 0 aliphatic carbocycles. The van der Waals surface area contributed by atoms with Crippen molar-refractivity contribution >= 4 is 35.6 Å². The smallest absolute Gasteiger partial charge is 0.191 e. The maximum Gasteiger partial charge on any atom is 0.191 e. The quantitative estimate of drug-likeness (QED) is 0.265. The van der Waals surface area contributed by atoms with Crippen LogP contribution in [0.2, 0.25) is 0 Å². The van der Waals surface area contributed by atoms with Crippen molar-refractivity contribution in [2.24, 2.45) is 10.9 Å². The van der Waals surface area contributed by atoms with E-state index >= 15 is 0 Å². The molecule has 2 N–H and O–H groups in total. The van der Waals surface area contributed by atoms with Crippen LogP contribution in [0.4, 0.5) is 0 Å². The lowest BCUT2D eigenvalue weighted by Crippen LogP contribution is -2.40. The predicted octanol–water partition coefficient (Wildman–Crippen LogP) is 2.97. The Balaban J connectivity index is 0.00000272. The number of aliphatic imine (C=N–C) groups is 1. The van der Waals surface area contributed by atoms with Crippen LogP contribution in [0.15, 0.2) is 59.7 Å². The van der Waals surface area contributed by atoms with Crippen molar-refractivity contribution in [2.75, 3.05) is 32.7 Å². The van der Waals surface area contributed by atoms with Gasteiger partial charge in [0.25, 0.3) is 0 Å². The van der Waals surface area contributed by atoms with E-state index in [2.05, 4.69) is 63.0 Å². The number of guanidine groups is 1. The summed E-state index contributed by atoms with van der Waals surface area (Å²) in [6.07, 6.45) is 4.33. The first-order valence-corrected chi connectivity index (χ1v) is 10.9. The first kappa shape index (κ1) is 23.5. The minimum absolute atomic E-state index is 0. The van der Waals surface area contributed by atoms with Gasteiger partial charge in [-0.25, -0.2) is 4.99 Å². The highest BCUT2D eigenvalue weighted by Crippen LogP contribution is 2.16. The second kappa shape index (κ2) is 12.0. The maximum absolute atomic E-state index is 4.72. The van der Waals surface area contributed by atoms with Gasteiger partial charge in [0, 0.05) is 32.4 Å². The third kappa shape index (κ3) is 6.64. The molecule has 1 atom stereocenters. The molecule has 1 aliphatic rings. The fourth-order valence-corrected chi connectivity index (χ4v) is 3.95. The van der Waals surface area contributed by atoms with Crippen molar-refractivity contribution in [2.45, 2.75) is 26.3 Å². The summed E-state index contributed by atoms with van der Waals surface area (Å²) in [7, 11) is 0. The molecule has 1 fully saturated rings. The van der Waals surface area contributed by atoms with E-state index in [-0.39, 0.29) is 24.0 Å². The highest BCUT2D eigenvalue weighted by Gasteiger charge is 2.22. The Labute approximate surface area is 201 Å². The Morgan fingerprint density at radius 2 is 1.94 bits per heavy atom. The zero-order chi connectivity index (χ0) is 20.6. The summed E-state index contributed by atoms with van der Waals surface area (Å²) in [6, 6.07) is 16.7. The molecular weight excluding hydrogens is 501 g/mol. The molecule has 1 saturated heterocycles. The van der Waals surface area contributed by atoms with E-state index < -0.39 is 0 Å². The Kier molecular flexibility index (Phi) is 9.08. The third-order valence-electron chi connectivity index (χ3n) is 5.59. The summed E-state index contributed by atoms with van der Waals surface area (Å²) >= 11 is 0. The van der Waals surface area contributed by atoms with Gasteiger partial charge in [-0.3, -0.25) is 4.40 Å². The van der Waals surface area contributed by atoms with Crippen LogP contribution in [-0.2, 0) is 13.0 Å². The highest BCUT2D eigenvalue weighted by molar-refractivity contribution is 14.0. The second-order valence-corrected chi connectivity index (χ2v) is 7.81. The van der Waals surface area contributed by atoms with Crippen LogP contribution >= 0.6 is 24.0 Å². The number of halogens is 1. The average Bonchev–Trinajstić information content (AvgIpc) is 3.42. The largest absolute Gasteiger partial charge is 0.357 e. The van der Waals surface area contributed by atoms with Crippen LogP contribution in [-0.4, -0.2) is 58.2 Å². The van der Waals surface area contributed by atoms with Gasteiger partial charge in [0.15, 0.2) is 17.4 Å². The van der Waals surface area contributed by atoms with E-state index in [0.29, 0.717) is 12.5 Å². The van der Waals surface area contributed by atoms with Crippen LogP contribution < -0.4 is 10.6 Å². The van der Waals surface area contributed by atoms with Crippen molar-refractivity contribution in [3.05, 3.63) is 66.1 Å². The van der Waals surface area contributed by atoms with E-state index in [9.17, 15) is 0 Å². The third-order valence-corrected chi connectivity index (χ3v) is 5.59. The summed E-state index contributed by atoms with van der Waals surface area (Å²) in [4.78, 5) is 7.29. The van der Waals surface area contributed by atoms with Gasteiger partial charge in [-0.15, -0.1) is 34.2 Å². The lowest BCUT2D eigenvalue weighted by molar-refractivity contribution is 0.328. The Morgan fingerprint density at radius 3 is 2.77 bits per heavy atom. The molecule has 166 valence electrons. The molecule has 7 nitrogen and oxygen atoms in total. The summed E-state index contributed by atoms with van der Waals surface area (Å²) in [6.45, 7) is 7.81. The molecule has 3 aromatic rings. The number of hydrogen-bond donors (Lipinski definition) is 2. The fraction of sp³-hybridized carbons (Fsp3) is 0.435. The normalized spacial score (nSPS) is 16.9. The fourth-order valence-electron chi connectivity index (χ4n) is 3.95. The van der Waals surface area contributed by atoms with Gasteiger partial charge in [0.2, 0.25) is 0 Å². The van der Waals surface area contributed by atoms with Crippen molar-refractivity contribution in [3.63, 3.8) is 0 Å². The Bertz CT molecular complexity index is 957. The second-order valence-electron chi connectivity index (χ2n) is 7.81. The molecule has 0 amide bonds. The number of hydrogen-bond acceptors (Lipinski definition) is 4. The summed E-state index contributed by atoms with van der Waals surface area (Å²) in [5, 5.41) is 15.3. The molecule has 1 aliphatic heterocycles. The van der Waals surface area contributed by atoms with Gasteiger partial charge in [0.05, 0.1) is 0 Å². The molecule has 0 bridgehead atoms. The van der Waals surface area contributed by atoms with E-state index in [4.69, 9.17) is 4.99 Å². The SMILES string of the molecule is CCNC(=NCc1nnc2ccccn12)NCC1CCN(CCc2ccccc2)C1.I. The van der Waals surface area contributed by atoms with Crippen LogP contribution in [0.5, 0.6) is 0 Å². The number of pyridine rings is 1. The van der Waals surface area contributed by atoms with Crippen molar-refractivity contribution < 1.29 is 0 Å². The molecule has 0 saturated carbocycles. The lowest BCUT2D eigenvalue weighted by atomic mass is 10.1. The molecule has 0 spiro atoms. The molecular formula is C23H32IN7. The molecule has 1 unspecified atom stereocenters. The number of nitrogens with one attached hydrogen (secondary N) is 2. The van der Waals surface area contributed by atoms with Gasteiger partial charge in [-0.05, 0) is 49.9 Å². The minimum atomic E-state index is 0. The lowest BCUT2D eigenvalue weighted by Gasteiger charge is -2.17. The zero-order valence-corrected chi connectivity index (χ0v) is 20.4. The number of nitrogens with zero attached hydrogens (tertiary/aromatic N) is 5. The standard InChI is InChI=1S/C23H31N7.HI/c1-2-24-23(26-17-22-28-27-21-10-6-7-13-30(21)22)25-16-20-12-15-29(18-20)14-11-19-8-4-3-5-9-19;/h3-10,13,20H,2,11-12,14-18H2,1H3,(H2,24,25,26);1H. The number of benzene rings is 1. The molecule has 2 aromatic heterocycles. The van der Waals surface area contributed by atoms with E-state index in [1.807, 2.05) is 28.8 Å². The predicted molar refractivity (Wildman–Crippen MR) is 136 cm³/mol. The van der Waals surface area contributed by atoms with Crippen LogP contribution in [0.1, 0.15) is 24.7 Å². The van der Waals surface area contributed by atoms with Crippen LogP contribution in [0, 0.1) is 5.92 Å². The van der Waals surface area contributed by atoms with Crippen LogP contribution in [0.25, 0.3) is 5.65 Å². The van der Waals surface area contributed by atoms with Crippen molar-refractivity contribution in [1.82, 2.24) is 30.1 Å². The Hall–Kier alpha value is -2.20. The molecule has 8 heteroatoms. The molecule has 4 rings (SSSR count). The summed E-state index contributed by atoms with van der Waals surface area (Å²) < 4.78 is 1.98. The molecule has 3 heterocycles. The van der Waals surface area contributed by atoms with E-state index in [1.54, 1.807) is 0 Å². The Morgan fingerprint density at radius 1 is 1.10 bits per heavy atom. The summed E-state index contributed by atoms with van der Waals surface area (Å²) in [5.41, 5.74) is 2.27. The maximum atomic E-state index is 4.72. The number of aromatic nitrogens is 3. The average molecular weight is 533 g/mol. The van der Waals surface area contributed by atoms with Crippen molar-refractivity contribution in [3.8, 4) is 0 Å². The monoisotopic (exact) mass is 533 g/mol. The topological polar surface area (TPSA) is 69.8 Å². The first-order valence-electron chi connectivity index (χ1n) is 10.9. The van der Waals surface area contributed by atoms with Crippen LogP contribution in [0.3, 0.4) is 0 Å². The summed E-state index contributed by atoms with van der Waals surface area (Å²) in [5.74, 6) is 2.34.